The lowest BCUT2D eigenvalue weighted by Gasteiger charge is -2.24. The lowest BCUT2D eigenvalue weighted by molar-refractivity contribution is 0.137. The van der Waals surface area contributed by atoms with Crippen LogP contribution < -0.4 is 0 Å². The van der Waals surface area contributed by atoms with Crippen molar-refractivity contribution in [2.24, 2.45) is 5.92 Å². The third-order valence-corrected chi connectivity index (χ3v) is 2.86. The minimum atomic E-state index is -1.56. The van der Waals surface area contributed by atoms with E-state index in [0.29, 0.717) is 5.92 Å². The summed E-state index contributed by atoms with van der Waals surface area (Å²) in [7, 11) is 0.140. The Bertz CT molecular complexity index is 214. The van der Waals surface area contributed by atoms with Gasteiger partial charge in [0.15, 0.2) is 0 Å². The highest BCUT2D eigenvalue weighted by molar-refractivity contribution is 6.70. The minimum Gasteiger partial charge on any atom is -0.520 e. The fourth-order valence-corrected chi connectivity index (χ4v) is 2.18. The molecule has 0 aromatic heterocycles. The summed E-state index contributed by atoms with van der Waals surface area (Å²) in [5.74, 6) is 1.27. The van der Waals surface area contributed by atoms with Gasteiger partial charge in [0.25, 0.3) is 5.95 Å². The fraction of sp³-hybridized carbons (Fsp3) is 0.833. The molecular weight excluding hydrogens is 204 g/mol. The van der Waals surface area contributed by atoms with Crippen molar-refractivity contribution < 1.29 is 9.16 Å². The van der Waals surface area contributed by atoms with Crippen LogP contribution in [0.2, 0.25) is 19.6 Å². The highest BCUT2D eigenvalue weighted by Crippen LogP contribution is 2.24. The Kier molecular flexibility index (Phi) is 6.02. The molecule has 0 spiro atoms. The van der Waals surface area contributed by atoms with E-state index in [-0.39, 0.29) is 0 Å². The average molecular weight is 230 g/mol. The van der Waals surface area contributed by atoms with Gasteiger partial charge >= 0.3 is 0 Å². The van der Waals surface area contributed by atoms with E-state index in [4.69, 9.17) is 9.16 Å². The van der Waals surface area contributed by atoms with E-state index in [0.717, 1.165) is 18.8 Å². The predicted octanol–water partition coefficient (Wildman–Crippen LogP) is 4.15. The number of ether oxygens (including phenoxy) is 1. The van der Waals surface area contributed by atoms with E-state index < -0.39 is 8.32 Å². The second-order valence-corrected chi connectivity index (χ2v) is 9.56. The van der Waals surface area contributed by atoms with Crippen molar-refractivity contribution in [1.82, 2.24) is 0 Å². The molecule has 0 saturated carbocycles. The largest absolute Gasteiger partial charge is 0.520 e. The van der Waals surface area contributed by atoms with Crippen LogP contribution in [0.4, 0.5) is 0 Å². The maximum atomic E-state index is 5.96. The number of allylic oxidation sites excluding steroid dienone is 1. The molecule has 0 aliphatic carbocycles. The highest BCUT2D eigenvalue weighted by atomic mass is 28.4. The number of rotatable bonds is 6. The number of methoxy groups -OCH3 is 1. The zero-order chi connectivity index (χ0) is 12.1. The third kappa shape index (κ3) is 5.87. The van der Waals surface area contributed by atoms with Crippen LogP contribution in [-0.4, -0.2) is 15.4 Å². The summed E-state index contributed by atoms with van der Waals surface area (Å²) in [4.78, 5) is 0. The fourth-order valence-electron chi connectivity index (χ4n) is 1.41. The van der Waals surface area contributed by atoms with Gasteiger partial charge in [0.1, 0.15) is 0 Å². The first kappa shape index (κ1) is 14.6. The van der Waals surface area contributed by atoms with Crippen molar-refractivity contribution in [3.05, 3.63) is 11.5 Å². The van der Waals surface area contributed by atoms with Crippen molar-refractivity contribution in [2.45, 2.75) is 53.3 Å². The summed E-state index contributed by atoms with van der Waals surface area (Å²) in [6.07, 6.45) is 2.20. The van der Waals surface area contributed by atoms with Crippen LogP contribution in [0, 0.1) is 5.92 Å². The molecule has 0 heterocycles. The monoisotopic (exact) mass is 230 g/mol. The topological polar surface area (TPSA) is 18.5 Å². The van der Waals surface area contributed by atoms with E-state index >= 15 is 0 Å². The molecule has 0 fully saturated rings. The zero-order valence-electron chi connectivity index (χ0n) is 11.3. The first-order valence-electron chi connectivity index (χ1n) is 5.77. The van der Waals surface area contributed by atoms with Gasteiger partial charge in [0, 0.05) is 5.57 Å². The summed E-state index contributed by atoms with van der Waals surface area (Å²) in [6.45, 7) is 13.1. The van der Waals surface area contributed by atoms with Gasteiger partial charge in [-0.2, -0.15) is 0 Å². The Morgan fingerprint density at radius 3 is 2.00 bits per heavy atom. The molecular formula is C12H26O2Si. The van der Waals surface area contributed by atoms with Crippen LogP contribution in [0.15, 0.2) is 11.5 Å². The molecule has 90 valence electrons. The first-order chi connectivity index (χ1) is 6.81. The van der Waals surface area contributed by atoms with Crippen LogP contribution in [0.1, 0.15) is 33.6 Å². The van der Waals surface area contributed by atoms with Gasteiger partial charge in [-0.1, -0.05) is 27.2 Å². The van der Waals surface area contributed by atoms with Crippen LogP contribution in [-0.2, 0) is 9.16 Å². The van der Waals surface area contributed by atoms with Gasteiger partial charge in [-0.3, -0.25) is 0 Å². The maximum absolute atomic E-state index is 5.96. The van der Waals surface area contributed by atoms with Gasteiger partial charge in [0.2, 0.25) is 8.32 Å². The summed E-state index contributed by atoms with van der Waals surface area (Å²) in [5, 5.41) is 0. The standard InChI is InChI=1S/C12H26O2Si/c1-8-9-11(10(2)3)12(13-4)14-15(5,6)7/h10H,8-9H2,1-7H3/b12-11-. The lowest BCUT2D eigenvalue weighted by atomic mass is 10.00. The molecule has 0 bridgehead atoms. The summed E-state index contributed by atoms with van der Waals surface area (Å²) in [6, 6.07) is 0. The van der Waals surface area contributed by atoms with Gasteiger partial charge in [-0.15, -0.1) is 0 Å². The van der Waals surface area contributed by atoms with E-state index in [1.165, 1.54) is 5.57 Å². The van der Waals surface area contributed by atoms with Gasteiger partial charge in [-0.25, -0.2) is 0 Å². The summed E-state index contributed by atoms with van der Waals surface area (Å²) < 4.78 is 11.4. The summed E-state index contributed by atoms with van der Waals surface area (Å²) in [5.41, 5.74) is 1.31. The maximum Gasteiger partial charge on any atom is 0.264 e. The van der Waals surface area contributed by atoms with E-state index in [1.807, 2.05) is 0 Å². The van der Waals surface area contributed by atoms with Gasteiger partial charge < -0.3 is 9.16 Å². The summed E-state index contributed by atoms with van der Waals surface area (Å²) >= 11 is 0. The Labute approximate surface area is 95.8 Å². The van der Waals surface area contributed by atoms with Crippen molar-refractivity contribution in [1.29, 1.82) is 0 Å². The molecule has 0 aliphatic rings. The Morgan fingerprint density at radius 2 is 1.73 bits per heavy atom. The molecule has 15 heavy (non-hydrogen) atoms. The zero-order valence-corrected chi connectivity index (χ0v) is 12.3. The molecule has 0 aromatic rings. The molecule has 0 aromatic carbocycles. The third-order valence-electron chi connectivity index (χ3n) is 2.06. The normalized spacial score (nSPS) is 13.9. The smallest absolute Gasteiger partial charge is 0.264 e. The van der Waals surface area contributed by atoms with E-state index in [1.54, 1.807) is 7.11 Å². The molecule has 0 atom stereocenters. The molecule has 0 aliphatic heterocycles. The molecule has 0 unspecified atom stereocenters. The Balaban J connectivity index is 4.88. The molecule has 3 heteroatoms. The predicted molar refractivity (Wildman–Crippen MR) is 68.2 cm³/mol. The van der Waals surface area contributed by atoms with E-state index in [2.05, 4.69) is 40.4 Å². The first-order valence-corrected chi connectivity index (χ1v) is 9.18. The quantitative estimate of drug-likeness (QED) is 0.504. The van der Waals surface area contributed by atoms with Crippen LogP contribution in [0.5, 0.6) is 0 Å². The van der Waals surface area contributed by atoms with Crippen molar-refractivity contribution >= 4 is 8.32 Å². The van der Waals surface area contributed by atoms with Crippen LogP contribution in [0.3, 0.4) is 0 Å². The SMILES string of the molecule is CCC/C(=C(\OC)O[Si](C)(C)C)C(C)C. The number of hydrogen-bond acceptors (Lipinski definition) is 2. The molecule has 0 N–H and O–H groups in total. The highest BCUT2D eigenvalue weighted by Gasteiger charge is 2.21. The average Bonchev–Trinajstić information content (AvgIpc) is 2.08. The van der Waals surface area contributed by atoms with Gasteiger partial charge in [-0.05, 0) is 32.0 Å². The van der Waals surface area contributed by atoms with Gasteiger partial charge in [0.05, 0.1) is 7.11 Å². The van der Waals surface area contributed by atoms with E-state index in [9.17, 15) is 0 Å². The number of hydrogen-bond donors (Lipinski definition) is 0. The molecule has 2 nitrogen and oxygen atoms in total. The molecule has 0 saturated heterocycles. The Morgan fingerprint density at radius 1 is 1.20 bits per heavy atom. The van der Waals surface area contributed by atoms with Crippen molar-refractivity contribution in [3.63, 3.8) is 0 Å². The molecule has 0 rings (SSSR count). The lowest BCUT2D eigenvalue weighted by Crippen LogP contribution is -2.26. The van der Waals surface area contributed by atoms with Crippen LogP contribution >= 0.6 is 0 Å². The molecule has 0 amide bonds. The molecule has 0 radical (unpaired) electrons. The minimum absolute atomic E-state index is 0.497. The Hall–Kier alpha value is -0.443. The second-order valence-electron chi connectivity index (χ2n) is 5.14. The van der Waals surface area contributed by atoms with Crippen LogP contribution in [0.25, 0.3) is 0 Å². The van der Waals surface area contributed by atoms with Crippen molar-refractivity contribution in [2.75, 3.05) is 7.11 Å². The second kappa shape index (κ2) is 6.21. The van der Waals surface area contributed by atoms with Crippen molar-refractivity contribution in [3.8, 4) is 0 Å².